The number of carbonyl (C=O) groups excluding carboxylic acids is 2. The van der Waals surface area contributed by atoms with Crippen LogP contribution in [0.5, 0.6) is 0 Å². The second-order valence-corrected chi connectivity index (χ2v) is 11.0. The summed E-state index contributed by atoms with van der Waals surface area (Å²) in [6.07, 6.45) is 2.67. The summed E-state index contributed by atoms with van der Waals surface area (Å²) in [5, 5.41) is 13.2. The third kappa shape index (κ3) is 5.37. The minimum atomic E-state index is -2.76. The van der Waals surface area contributed by atoms with Crippen LogP contribution in [0.25, 0.3) is 11.3 Å². The van der Waals surface area contributed by atoms with Gasteiger partial charge in [-0.25, -0.2) is 13.5 Å². The van der Waals surface area contributed by atoms with Gasteiger partial charge in [-0.3, -0.25) is 14.3 Å². The second kappa shape index (κ2) is 11.8. The number of ether oxygens (including phenoxy) is 2. The normalized spacial score (nSPS) is 17.4. The molecule has 1 amide bonds. The third-order valence-corrected chi connectivity index (χ3v) is 8.32. The average molecular weight is 584 g/mol. The fourth-order valence-corrected chi connectivity index (χ4v) is 6.25. The highest BCUT2D eigenvalue weighted by atomic mass is 19.3. The van der Waals surface area contributed by atoms with Crippen LogP contribution in [0.2, 0.25) is 0 Å². The Labute approximate surface area is 242 Å². The molecule has 1 saturated heterocycles. The Morgan fingerprint density at radius 2 is 1.98 bits per heavy atom. The Morgan fingerprint density at radius 3 is 2.71 bits per heavy atom. The molecule has 0 spiro atoms. The molecule has 0 unspecified atom stereocenters. The SMILES string of the molecule is CCOC(=O)Cn1cc(-c2cc3c(cc2C(F)F)N(c2nn(C4CCOCC4)c4c2CN(C(C)=O)CC4)CCC3)nn1. The van der Waals surface area contributed by atoms with E-state index in [1.54, 1.807) is 26.0 Å². The van der Waals surface area contributed by atoms with Gasteiger partial charge >= 0.3 is 5.97 Å². The van der Waals surface area contributed by atoms with Crippen LogP contribution in [0.1, 0.15) is 68.0 Å². The molecule has 42 heavy (non-hydrogen) atoms. The molecular formula is C29H35F2N7O4. The maximum absolute atomic E-state index is 14.6. The molecule has 0 N–H and O–H groups in total. The lowest BCUT2D eigenvalue weighted by Crippen LogP contribution is -2.36. The van der Waals surface area contributed by atoms with E-state index >= 15 is 0 Å². The van der Waals surface area contributed by atoms with Crippen LogP contribution >= 0.6 is 0 Å². The van der Waals surface area contributed by atoms with Crippen molar-refractivity contribution in [1.82, 2.24) is 29.7 Å². The van der Waals surface area contributed by atoms with E-state index in [0.717, 1.165) is 41.9 Å². The van der Waals surface area contributed by atoms with Gasteiger partial charge in [0.05, 0.1) is 25.4 Å². The number of carbonyl (C=O) groups is 2. The Balaban J connectivity index is 1.40. The minimum Gasteiger partial charge on any atom is -0.465 e. The predicted octanol–water partition coefficient (Wildman–Crippen LogP) is 3.98. The lowest BCUT2D eigenvalue weighted by Gasteiger charge is -2.33. The number of esters is 1. The number of aryl methyl sites for hydroxylation is 1. The quantitative estimate of drug-likeness (QED) is 0.385. The molecule has 11 nitrogen and oxygen atoms in total. The molecule has 3 aliphatic rings. The topological polar surface area (TPSA) is 108 Å². The summed E-state index contributed by atoms with van der Waals surface area (Å²) in [7, 11) is 0. The van der Waals surface area contributed by atoms with Gasteiger partial charge in [0.25, 0.3) is 6.43 Å². The molecule has 224 valence electrons. The number of alkyl halides is 2. The van der Waals surface area contributed by atoms with E-state index in [-0.39, 0.29) is 36.4 Å². The molecule has 0 saturated carbocycles. The van der Waals surface area contributed by atoms with Crippen molar-refractivity contribution in [3.05, 3.63) is 40.7 Å². The Morgan fingerprint density at radius 1 is 1.17 bits per heavy atom. The van der Waals surface area contributed by atoms with E-state index in [9.17, 15) is 18.4 Å². The molecule has 0 aliphatic carbocycles. The zero-order valence-electron chi connectivity index (χ0n) is 23.9. The van der Waals surface area contributed by atoms with Crippen molar-refractivity contribution in [3.8, 4) is 11.3 Å². The number of aromatic nitrogens is 5. The van der Waals surface area contributed by atoms with Gasteiger partial charge in [0.2, 0.25) is 5.91 Å². The highest BCUT2D eigenvalue weighted by molar-refractivity contribution is 5.77. The number of nitrogens with zero attached hydrogens (tertiary/aromatic N) is 7. The molecule has 3 aromatic rings. The number of halogens is 2. The third-order valence-electron chi connectivity index (χ3n) is 8.32. The summed E-state index contributed by atoms with van der Waals surface area (Å²) in [5.41, 5.74) is 4.11. The number of benzene rings is 1. The number of amides is 1. The van der Waals surface area contributed by atoms with Crippen LogP contribution in [-0.4, -0.2) is 74.5 Å². The fourth-order valence-electron chi connectivity index (χ4n) is 6.25. The molecule has 3 aliphatic heterocycles. The van der Waals surface area contributed by atoms with Gasteiger partial charge in [0.1, 0.15) is 12.2 Å². The number of rotatable bonds is 7. The molecular weight excluding hydrogens is 548 g/mol. The van der Waals surface area contributed by atoms with Crippen molar-refractivity contribution in [3.63, 3.8) is 0 Å². The Kier molecular flexibility index (Phi) is 7.93. The summed E-state index contributed by atoms with van der Waals surface area (Å²) in [5.74, 6) is 0.262. The summed E-state index contributed by atoms with van der Waals surface area (Å²) in [6.45, 7) is 6.41. The zero-order valence-corrected chi connectivity index (χ0v) is 23.9. The van der Waals surface area contributed by atoms with Crippen LogP contribution in [0.4, 0.5) is 20.3 Å². The first kappa shape index (κ1) is 28.3. The van der Waals surface area contributed by atoms with Crippen molar-refractivity contribution in [2.45, 2.75) is 71.5 Å². The molecule has 13 heteroatoms. The van der Waals surface area contributed by atoms with Gasteiger partial charge in [-0.15, -0.1) is 5.10 Å². The van der Waals surface area contributed by atoms with Gasteiger partial charge in [0.15, 0.2) is 5.82 Å². The highest BCUT2D eigenvalue weighted by Crippen LogP contribution is 2.43. The largest absolute Gasteiger partial charge is 0.465 e. The molecule has 2 aromatic heterocycles. The van der Waals surface area contributed by atoms with Crippen molar-refractivity contribution < 1.29 is 27.8 Å². The standard InChI is InChI=1S/C29H35F2N7O4/c1-3-42-27(40)17-36-16-24(32-34-36)21-13-19-5-4-9-37(26(19)14-22(21)28(30)31)29-23-15-35(18(2)39)10-6-25(23)38(33-29)20-7-11-41-12-8-20/h13-14,16,20,28H,3-12,15,17H2,1-2H3. The second-order valence-electron chi connectivity index (χ2n) is 11.0. The van der Waals surface area contributed by atoms with Gasteiger partial charge in [-0.05, 0) is 50.3 Å². The molecule has 0 bridgehead atoms. The first-order chi connectivity index (χ1) is 20.3. The first-order valence-corrected chi connectivity index (χ1v) is 14.6. The molecule has 1 aromatic carbocycles. The van der Waals surface area contributed by atoms with E-state index in [1.807, 2.05) is 9.80 Å². The van der Waals surface area contributed by atoms with Crippen molar-refractivity contribution in [1.29, 1.82) is 0 Å². The number of hydrogen-bond donors (Lipinski definition) is 0. The summed E-state index contributed by atoms with van der Waals surface area (Å²) >= 11 is 0. The summed E-state index contributed by atoms with van der Waals surface area (Å²) in [4.78, 5) is 28.1. The smallest absolute Gasteiger partial charge is 0.327 e. The van der Waals surface area contributed by atoms with Crippen LogP contribution in [-0.2, 0) is 45.0 Å². The van der Waals surface area contributed by atoms with Crippen molar-refractivity contribution >= 4 is 23.4 Å². The van der Waals surface area contributed by atoms with Crippen molar-refractivity contribution in [2.75, 3.05) is 37.8 Å². The zero-order chi connectivity index (χ0) is 29.4. The van der Waals surface area contributed by atoms with Gasteiger partial charge in [0, 0.05) is 67.7 Å². The van der Waals surface area contributed by atoms with E-state index < -0.39 is 12.4 Å². The van der Waals surface area contributed by atoms with Gasteiger partial charge < -0.3 is 19.3 Å². The molecule has 1 fully saturated rings. The molecule has 0 atom stereocenters. The summed E-state index contributed by atoms with van der Waals surface area (Å²) < 4.78 is 43.1. The summed E-state index contributed by atoms with van der Waals surface area (Å²) in [6, 6.07) is 3.51. The minimum absolute atomic E-state index is 0.00471. The average Bonchev–Trinajstić information content (AvgIpc) is 3.61. The first-order valence-electron chi connectivity index (χ1n) is 14.6. The number of hydrogen-bond acceptors (Lipinski definition) is 8. The lowest BCUT2D eigenvalue weighted by atomic mass is 9.93. The van der Waals surface area contributed by atoms with Crippen LogP contribution < -0.4 is 4.90 Å². The number of anilines is 2. The van der Waals surface area contributed by atoms with E-state index in [2.05, 4.69) is 15.0 Å². The Bertz CT molecular complexity index is 1480. The fraction of sp³-hybridized carbons (Fsp3) is 0.552. The van der Waals surface area contributed by atoms with E-state index in [1.165, 1.54) is 10.9 Å². The number of fused-ring (bicyclic) bond motifs is 2. The molecule has 0 radical (unpaired) electrons. The predicted molar refractivity (Wildman–Crippen MR) is 148 cm³/mol. The van der Waals surface area contributed by atoms with Crippen LogP contribution in [0.3, 0.4) is 0 Å². The lowest BCUT2D eigenvalue weighted by molar-refractivity contribution is -0.144. The van der Waals surface area contributed by atoms with E-state index in [4.69, 9.17) is 14.6 Å². The highest BCUT2D eigenvalue weighted by Gasteiger charge is 2.34. The van der Waals surface area contributed by atoms with Gasteiger partial charge in [-0.1, -0.05) is 5.21 Å². The maximum atomic E-state index is 14.6. The van der Waals surface area contributed by atoms with Crippen molar-refractivity contribution in [2.24, 2.45) is 0 Å². The van der Waals surface area contributed by atoms with Crippen LogP contribution in [0.15, 0.2) is 18.3 Å². The molecule has 6 rings (SSSR count). The Hall–Kier alpha value is -3.87. The van der Waals surface area contributed by atoms with Gasteiger partial charge in [-0.2, -0.15) is 5.10 Å². The maximum Gasteiger partial charge on any atom is 0.327 e. The monoisotopic (exact) mass is 583 g/mol. The molecule has 5 heterocycles. The van der Waals surface area contributed by atoms with Crippen LogP contribution in [0, 0.1) is 0 Å². The van der Waals surface area contributed by atoms with E-state index in [0.29, 0.717) is 56.9 Å².